The normalized spacial score (nSPS) is 11.5. The summed E-state index contributed by atoms with van der Waals surface area (Å²) in [6, 6.07) is 11.4. The number of ether oxygens (including phenoxy) is 1. The first-order valence-electron chi connectivity index (χ1n) is 6.59. The van der Waals surface area contributed by atoms with Gasteiger partial charge in [-0.25, -0.2) is 8.78 Å². The van der Waals surface area contributed by atoms with Crippen molar-refractivity contribution in [2.24, 2.45) is 0 Å². The van der Waals surface area contributed by atoms with Gasteiger partial charge in [0, 0.05) is 6.54 Å². The van der Waals surface area contributed by atoms with Gasteiger partial charge in [-0.15, -0.1) is 0 Å². The highest BCUT2D eigenvalue weighted by Crippen LogP contribution is 2.17. The average molecular weight is 304 g/mol. The molecule has 2 aromatic carbocycles. The molecule has 2 rings (SSSR count). The molecule has 114 valence electrons. The molecule has 0 heterocycles. The van der Waals surface area contributed by atoms with Gasteiger partial charge in [0.2, 0.25) is 0 Å². The van der Waals surface area contributed by atoms with Crippen LogP contribution in [0.1, 0.15) is 5.56 Å². The number of hydrogen-bond acceptors (Lipinski definition) is 4. The maximum absolute atomic E-state index is 13.4. The molecule has 0 fully saturated rings. The van der Waals surface area contributed by atoms with E-state index < -0.39 is 11.9 Å². The van der Waals surface area contributed by atoms with Crippen LogP contribution in [0.2, 0.25) is 0 Å². The van der Waals surface area contributed by atoms with Gasteiger partial charge in [-0.3, -0.25) is 0 Å². The molecule has 0 aliphatic carbocycles. The molecule has 0 amide bonds. The lowest BCUT2D eigenvalue weighted by Crippen LogP contribution is -2.26. The molecule has 0 radical (unpaired) electrons. The van der Waals surface area contributed by atoms with E-state index in [9.17, 15) is 13.9 Å². The number of aliphatic hydroxyl groups excluding tert-OH is 1. The average Bonchev–Trinajstić information content (AvgIpc) is 2.52. The molecule has 0 aliphatic heterocycles. The van der Waals surface area contributed by atoms with E-state index in [2.05, 4.69) is 5.32 Å². The van der Waals surface area contributed by atoms with Crippen molar-refractivity contribution in [3.05, 3.63) is 59.7 Å². The molecule has 0 saturated heterocycles. The van der Waals surface area contributed by atoms with Crippen molar-refractivity contribution in [3.8, 4) is 11.8 Å². The highest BCUT2D eigenvalue weighted by molar-refractivity contribution is 5.57. The molecule has 0 saturated carbocycles. The molecule has 0 aliphatic rings. The molecule has 2 aromatic rings. The van der Waals surface area contributed by atoms with Crippen molar-refractivity contribution < 1.29 is 18.6 Å². The van der Waals surface area contributed by atoms with Crippen LogP contribution in [-0.4, -0.2) is 24.4 Å². The van der Waals surface area contributed by atoms with Crippen LogP contribution in [-0.2, 0) is 0 Å². The first kappa shape index (κ1) is 15.7. The second kappa shape index (κ2) is 7.38. The Morgan fingerprint density at radius 1 is 1.18 bits per heavy atom. The Hall–Kier alpha value is -2.65. The van der Waals surface area contributed by atoms with E-state index in [-0.39, 0.29) is 24.5 Å². The minimum Gasteiger partial charge on any atom is -0.491 e. The second-order valence-electron chi connectivity index (χ2n) is 4.57. The van der Waals surface area contributed by atoms with Crippen LogP contribution < -0.4 is 10.1 Å². The lowest BCUT2D eigenvalue weighted by Gasteiger charge is -2.14. The summed E-state index contributed by atoms with van der Waals surface area (Å²) in [6.45, 7) is 0.0646. The van der Waals surface area contributed by atoms with Crippen molar-refractivity contribution in [2.45, 2.75) is 6.10 Å². The third-order valence-electron chi connectivity index (χ3n) is 2.91. The SMILES string of the molecule is N#Cc1c(F)cccc1NCC(O)COc1ccc(F)cc1. The largest absolute Gasteiger partial charge is 0.491 e. The van der Waals surface area contributed by atoms with Crippen LogP contribution in [0.4, 0.5) is 14.5 Å². The summed E-state index contributed by atoms with van der Waals surface area (Å²) in [5, 5.41) is 21.5. The Balaban J connectivity index is 1.85. The number of nitrogens with zero attached hydrogens (tertiary/aromatic N) is 1. The summed E-state index contributed by atoms with van der Waals surface area (Å²) in [6.07, 6.45) is -0.875. The van der Waals surface area contributed by atoms with Gasteiger partial charge in [0.25, 0.3) is 0 Å². The molecule has 2 N–H and O–H groups in total. The van der Waals surface area contributed by atoms with E-state index in [1.807, 2.05) is 0 Å². The Bertz CT molecular complexity index is 669. The second-order valence-corrected chi connectivity index (χ2v) is 4.57. The third-order valence-corrected chi connectivity index (χ3v) is 2.91. The van der Waals surface area contributed by atoms with E-state index >= 15 is 0 Å². The number of nitriles is 1. The van der Waals surface area contributed by atoms with Crippen molar-refractivity contribution in [2.75, 3.05) is 18.5 Å². The quantitative estimate of drug-likeness (QED) is 0.861. The summed E-state index contributed by atoms with van der Waals surface area (Å²) in [5.74, 6) is -0.557. The van der Waals surface area contributed by atoms with Crippen LogP contribution in [0.25, 0.3) is 0 Å². The molecule has 1 unspecified atom stereocenters. The zero-order valence-electron chi connectivity index (χ0n) is 11.6. The number of aliphatic hydroxyl groups is 1. The molecule has 4 nitrogen and oxygen atoms in total. The fraction of sp³-hybridized carbons (Fsp3) is 0.188. The standard InChI is InChI=1S/C16H14F2N2O2/c17-11-4-6-13(7-5-11)22-10-12(21)9-20-16-3-1-2-15(18)14(16)8-19/h1-7,12,20-21H,9-10H2. The number of halogens is 2. The Labute approximate surface area is 126 Å². The fourth-order valence-electron chi connectivity index (χ4n) is 1.80. The van der Waals surface area contributed by atoms with Gasteiger partial charge in [-0.2, -0.15) is 5.26 Å². The van der Waals surface area contributed by atoms with Crippen molar-refractivity contribution in [3.63, 3.8) is 0 Å². The highest BCUT2D eigenvalue weighted by Gasteiger charge is 2.10. The molecule has 0 spiro atoms. The zero-order valence-corrected chi connectivity index (χ0v) is 11.6. The number of rotatable bonds is 6. The van der Waals surface area contributed by atoms with Gasteiger partial charge in [0.15, 0.2) is 0 Å². The predicted molar refractivity (Wildman–Crippen MR) is 77.5 cm³/mol. The van der Waals surface area contributed by atoms with Crippen molar-refractivity contribution in [1.82, 2.24) is 0 Å². The predicted octanol–water partition coefficient (Wildman–Crippen LogP) is 2.69. The lowest BCUT2D eigenvalue weighted by molar-refractivity contribution is 0.117. The third kappa shape index (κ3) is 4.17. The number of hydrogen-bond donors (Lipinski definition) is 2. The smallest absolute Gasteiger partial charge is 0.143 e. The summed E-state index contributed by atoms with van der Waals surface area (Å²) in [5.41, 5.74) is 0.206. The highest BCUT2D eigenvalue weighted by atomic mass is 19.1. The Morgan fingerprint density at radius 2 is 1.91 bits per heavy atom. The van der Waals surface area contributed by atoms with E-state index in [4.69, 9.17) is 10.00 Å². The molecule has 0 bridgehead atoms. The number of benzene rings is 2. The molecule has 22 heavy (non-hydrogen) atoms. The summed E-state index contributed by atoms with van der Waals surface area (Å²) in [7, 11) is 0. The van der Waals surface area contributed by atoms with Gasteiger partial charge in [-0.1, -0.05) is 6.07 Å². The van der Waals surface area contributed by atoms with E-state index in [1.54, 1.807) is 12.1 Å². The number of anilines is 1. The minimum absolute atomic E-state index is 0.0180. The van der Waals surface area contributed by atoms with Crippen LogP contribution in [0.3, 0.4) is 0 Å². The minimum atomic E-state index is -0.875. The molecule has 6 heteroatoms. The summed E-state index contributed by atoms with van der Waals surface area (Å²) in [4.78, 5) is 0. The Morgan fingerprint density at radius 3 is 2.59 bits per heavy atom. The first-order chi connectivity index (χ1) is 10.6. The zero-order chi connectivity index (χ0) is 15.9. The molecular weight excluding hydrogens is 290 g/mol. The first-order valence-corrected chi connectivity index (χ1v) is 6.59. The van der Waals surface area contributed by atoms with Gasteiger partial charge in [0.05, 0.1) is 5.69 Å². The van der Waals surface area contributed by atoms with Crippen LogP contribution in [0.5, 0.6) is 5.75 Å². The number of nitrogens with one attached hydrogen (secondary N) is 1. The molecular formula is C16H14F2N2O2. The molecule has 1 atom stereocenters. The van der Waals surface area contributed by atoms with Crippen LogP contribution in [0, 0.1) is 23.0 Å². The van der Waals surface area contributed by atoms with Crippen molar-refractivity contribution in [1.29, 1.82) is 5.26 Å². The summed E-state index contributed by atoms with van der Waals surface area (Å²) >= 11 is 0. The van der Waals surface area contributed by atoms with Crippen LogP contribution >= 0.6 is 0 Å². The van der Waals surface area contributed by atoms with E-state index in [1.165, 1.54) is 36.4 Å². The van der Waals surface area contributed by atoms with Gasteiger partial charge in [-0.05, 0) is 36.4 Å². The topological polar surface area (TPSA) is 65.3 Å². The fourth-order valence-corrected chi connectivity index (χ4v) is 1.80. The van der Waals surface area contributed by atoms with Crippen LogP contribution in [0.15, 0.2) is 42.5 Å². The maximum Gasteiger partial charge on any atom is 0.143 e. The molecule has 0 aromatic heterocycles. The van der Waals surface area contributed by atoms with Gasteiger partial charge >= 0.3 is 0 Å². The summed E-state index contributed by atoms with van der Waals surface area (Å²) < 4.78 is 31.4. The van der Waals surface area contributed by atoms with Gasteiger partial charge in [0.1, 0.15) is 41.7 Å². The monoisotopic (exact) mass is 304 g/mol. The lowest BCUT2D eigenvalue weighted by atomic mass is 10.2. The van der Waals surface area contributed by atoms with Crippen molar-refractivity contribution >= 4 is 5.69 Å². The van der Waals surface area contributed by atoms with E-state index in [0.717, 1.165) is 0 Å². The maximum atomic E-state index is 13.4. The Kier molecular flexibility index (Phi) is 5.28. The van der Waals surface area contributed by atoms with E-state index in [0.29, 0.717) is 11.4 Å². The van der Waals surface area contributed by atoms with Gasteiger partial charge < -0.3 is 15.2 Å².